The van der Waals surface area contributed by atoms with Gasteiger partial charge in [0, 0.05) is 24.5 Å². The smallest absolute Gasteiger partial charge is 0.250 e. The van der Waals surface area contributed by atoms with Gasteiger partial charge in [0.05, 0.1) is 12.7 Å². The molecule has 0 aliphatic heterocycles. The second-order valence-corrected chi connectivity index (χ2v) is 5.25. The van der Waals surface area contributed by atoms with Gasteiger partial charge in [-0.15, -0.1) is 0 Å². The standard InChI is InChI=1S/C14H22N2O2/c1-11-2-5-13(6-3-11)18-9-8-16-10-12(15)4-7-14(16)17/h4,7,10-11,13H,2-3,5-6,8-9,15H2,1H3. The summed E-state index contributed by atoms with van der Waals surface area (Å²) in [6.07, 6.45) is 6.85. The monoisotopic (exact) mass is 250 g/mol. The number of nitrogens with two attached hydrogens (primary N) is 1. The van der Waals surface area contributed by atoms with Crippen LogP contribution in [0.5, 0.6) is 0 Å². The van der Waals surface area contributed by atoms with Crippen LogP contribution in [-0.2, 0) is 11.3 Å². The summed E-state index contributed by atoms with van der Waals surface area (Å²) >= 11 is 0. The molecular weight excluding hydrogens is 228 g/mol. The van der Waals surface area contributed by atoms with Crippen LogP contribution in [0.1, 0.15) is 32.6 Å². The van der Waals surface area contributed by atoms with Crippen molar-refractivity contribution in [3.63, 3.8) is 0 Å². The van der Waals surface area contributed by atoms with Crippen molar-refractivity contribution in [2.24, 2.45) is 5.92 Å². The third-order valence-electron chi connectivity index (χ3n) is 3.65. The normalized spacial score (nSPS) is 24.1. The van der Waals surface area contributed by atoms with Crippen molar-refractivity contribution in [1.29, 1.82) is 0 Å². The second-order valence-electron chi connectivity index (χ2n) is 5.25. The minimum Gasteiger partial charge on any atom is -0.398 e. The molecule has 1 aliphatic rings. The molecule has 2 N–H and O–H groups in total. The summed E-state index contributed by atoms with van der Waals surface area (Å²) in [5, 5.41) is 0. The molecule has 0 atom stereocenters. The van der Waals surface area contributed by atoms with Crippen LogP contribution in [0.25, 0.3) is 0 Å². The van der Waals surface area contributed by atoms with Crippen molar-refractivity contribution in [3.8, 4) is 0 Å². The van der Waals surface area contributed by atoms with E-state index in [1.807, 2.05) is 0 Å². The van der Waals surface area contributed by atoms with E-state index in [0.717, 1.165) is 18.8 Å². The zero-order valence-corrected chi connectivity index (χ0v) is 11.0. The van der Waals surface area contributed by atoms with Crippen LogP contribution in [-0.4, -0.2) is 17.3 Å². The number of aromatic nitrogens is 1. The number of ether oxygens (including phenoxy) is 1. The zero-order valence-electron chi connectivity index (χ0n) is 11.0. The maximum Gasteiger partial charge on any atom is 0.250 e. The summed E-state index contributed by atoms with van der Waals surface area (Å²) in [7, 11) is 0. The summed E-state index contributed by atoms with van der Waals surface area (Å²) in [4.78, 5) is 11.5. The van der Waals surface area contributed by atoms with Crippen LogP contribution in [0.2, 0.25) is 0 Å². The Kier molecular flexibility index (Phi) is 4.42. The molecule has 1 aromatic rings. The van der Waals surface area contributed by atoms with Gasteiger partial charge < -0.3 is 15.0 Å². The van der Waals surface area contributed by atoms with Gasteiger partial charge in [-0.2, -0.15) is 0 Å². The molecule has 1 fully saturated rings. The van der Waals surface area contributed by atoms with Crippen LogP contribution >= 0.6 is 0 Å². The lowest BCUT2D eigenvalue weighted by Gasteiger charge is -2.26. The zero-order chi connectivity index (χ0) is 13.0. The first-order valence-corrected chi connectivity index (χ1v) is 6.72. The Morgan fingerprint density at radius 2 is 2.06 bits per heavy atom. The number of anilines is 1. The molecule has 1 heterocycles. The molecule has 0 spiro atoms. The third-order valence-corrected chi connectivity index (χ3v) is 3.65. The van der Waals surface area contributed by atoms with Gasteiger partial charge in [-0.1, -0.05) is 6.92 Å². The van der Waals surface area contributed by atoms with Crippen molar-refractivity contribution in [3.05, 3.63) is 28.7 Å². The molecule has 1 aromatic heterocycles. The number of rotatable bonds is 4. The van der Waals surface area contributed by atoms with E-state index in [-0.39, 0.29) is 5.56 Å². The maximum absolute atomic E-state index is 11.5. The van der Waals surface area contributed by atoms with Crippen LogP contribution in [0, 0.1) is 5.92 Å². The fraction of sp³-hybridized carbons (Fsp3) is 0.643. The largest absolute Gasteiger partial charge is 0.398 e. The van der Waals surface area contributed by atoms with Gasteiger partial charge in [0.25, 0.3) is 5.56 Å². The molecule has 1 saturated carbocycles. The molecule has 4 heteroatoms. The van der Waals surface area contributed by atoms with E-state index < -0.39 is 0 Å². The summed E-state index contributed by atoms with van der Waals surface area (Å²) in [6, 6.07) is 3.12. The molecule has 0 bridgehead atoms. The minimum atomic E-state index is -0.0231. The van der Waals surface area contributed by atoms with E-state index in [1.54, 1.807) is 16.8 Å². The highest BCUT2D eigenvalue weighted by atomic mass is 16.5. The molecule has 2 rings (SSSR count). The fourth-order valence-electron chi connectivity index (χ4n) is 2.44. The average molecular weight is 250 g/mol. The Hall–Kier alpha value is -1.29. The number of hydrogen-bond acceptors (Lipinski definition) is 3. The van der Waals surface area contributed by atoms with E-state index in [4.69, 9.17) is 10.5 Å². The molecule has 4 nitrogen and oxygen atoms in total. The lowest BCUT2D eigenvalue weighted by Crippen LogP contribution is -2.25. The van der Waals surface area contributed by atoms with Crippen LogP contribution in [0.15, 0.2) is 23.1 Å². The molecule has 0 saturated heterocycles. The minimum absolute atomic E-state index is 0.0231. The molecule has 0 radical (unpaired) electrons. The van der Waals surface area contributed by atoms with Crippen molar-refractivity contribution in [2.45, 2.75) is 45.3 Å². The third kappa shape index (κ3) is 3.60. The molecule has 0 amide bonds. The molecule has 18 heavy (non-hydrogen) atoms. The van der Waals surface area contributed by atoms with E-state index in [1.165, 1.54) is 18.9 Å². The van der Waals surface area contributed by atoms with Gasteiger partial charge in [0.15, 0.2) is 0 Å². The van der Waals surface area contributed by atoms with Gasteiger partial charge >= 0.3 is 0 Å². The molecule has 0 unspecified atom stereocenters. The fourth-order valence-corrected chi connectivity index (χ4v) is 2.44. The van der Waals surface area contributed by atoms with Gasteiger partial charge in [0.1, 0.15) is 0 Å². The van der Waals surface area contributed by atoms with Crippen LogP contribution in [0.3, 0.4) is 0 Å². The highest BCUT2D eigenvalue weighted by Gasteiger charge is 2.18. The Labute approximate surface area is 108 Å². The number of hydrogen-bond donors (Lipinski definition) is 1. The van der Waals surface area contributed by atoms with Gasteiger partial charge in [-0.05, 0) is 37.7 Å². The average Bonchev–Trinajstić information content (AvgIpc) is 2.36. The van der Waals surface area contributed by atoms with Gasteiger partial charge in [-0.25, -0.2) is 0 Å². The molecular formula is C14H22N2O2. The van der Waals surface area contributed by atoms with Crippen LogP contribution in [0.4, 0.5) is 5.69 Å². The first kappa shape index (κ1) is 13.1. The molecule has 0 aromatic carbocycles. The number of nitrogens with zero attached hydrogens (tertiary/aromatic N) is 1. The number of pyridine rings is 1. The lowest BCUT2D eigenvalue weighted by molar-refractivity contribution is 0.0155. The first-order chi connectivity index (χ1) is 8.65. The van der Waals surface area contributed by atoms with Crippen molar-refractivity contribution < 1.29 is 4.74 Å². The van der Waals surface area contributed by atoms with Gasteiger partial charge in [-0.3, -0.25) is 4.79 Å². The summed E-state index contributed by atoms with van der Waals surface area (Å²) in [6.45, 7) is 3.46. The van der Waals surface area contributed by atoms with E-state index in [0.29, 0.717) is 24.9 Å². The highest BCUT2D eigenvalue weighted by Crippen LogP contribution is 2.25. The highest BCUT2D eigenvalue weighted by molar-refractivity contribution is 5.33. The summed E-state index contributed by atoms with van der Waals surface area (Å²) in [5.74, 6) is 0.835. The second kappa shape index (κ2) is 6.05. The van der Waals surface area contributed by atoms with Crippen molar-refractivity contribution in [2.75, 3.05) is 12.3 Å². The predicted molar refractivity (Wildman–Crippen MR) is 72.5 cm³/mol. The Balaban J connectivity index is 1.78. The molecule has 100 valence electrons. The Bertz CT molecular complexity index is 434. The Morgan fingerprint density at radius 1 is 1.33 bits per heavy atom. The summed E-state index contributed by atoms with van der Waals surface area (Å²) in [5.41, 5.74) is 6.25. The Morgan fingerprint density at radius 3 is 2.78 bits per heavy atom. The van der Waals surface area contributed by atoms with Crippen LogP contribution < -0.4 is 11.3 Å². The lowest BCUT2D eigenvalue weighted by atomic mass is 9.89. The quantitative estimate of drug-likeness (QED) is 0.889. The SMILES string of the molecule is CC1CCC(OCCn2cc(N)ccc2=O)CC1. The maximum atomic E-state index is 11.5. The summed E-state index contributed by atoms with van der Waals surface area (Å²) < 4.78 is 7.44. The van der Waals surface area contributed by atoms with Crippen molar-refractivity contribution >= 4 is 5.69 Å². The topological polar surface area (TPSA) is 57.2 Å². The van der Waals surface area contributed by atoms with E-state index in [9.17, 15) is 4.79 Å². The van der Waals surface area contributed by atoms with E-state index >= 15 is 0 Å². The number of nitrogen functional groups attached to an aromatic ring is 1. The molecule has 1 aliphatic carbocycles. The van der Waals surface area contributed by atoms with Gasteiger partial charge in [0.2, 0.25) is 0 Å². The first-order valence-electron chi connectivity index (χ1n) is 6.72. The van der Waals surface area contributed by atoms with Crippen molar-refractivity contribution in [1.82, 2.24) is 4.57 Å². The predicted octanol–water partition coefficient (Wildman–Crippen LogP) is 2.03. The van der Waals surface area contributed by atoms with E-state index in [2.05, 4.69) is 6.92 Å².